The van der Waals surface area contributed by atoms with Crippen molar-refractivity contribution in [1.29, 1.82) is 0 Å². The fourth-order valence-electron chi connectivity index (χ4n) is 1.16. The number of carbonyl (C=O) groups is 1. The molecular weight excluding hydrogens is 126 g/mol. The molecule has 0 bridgehead atoms. The summed E-state index contributed by atoms with van der Waals surface area (Å²) in [6, 6.07) is -0.00116. The van der Waals surface area contributed by atoms with Gasteiger partial charge >= 0.3 is 0 Å². The monoisotopic (exact) mass is 139 g/mol. The molecule has 1 aliphatic rings. The summed E-state index contributed by atoms with van der Waals surface area (Å²) < 4.78 is 0. The van der Waals surface area contributed by atoms with E-state index in [0.717, 1.165) is 19.3 Å². The Hall–Kier alpha value is -0.660. The minimum Gasteiger partial charge on any atom is -0.297 e. The van der Waals surface area contributed by atoms with Crippen LogP contribution in [0, 0.1) is 0 Å². The average Bonchev–Trinajstić information content (AvgIpc) is 2.05. The maximum absolute atomic E-state index is 11.1. The Bertz CT molecular complexity index is 151. The SMILES string of the molecule is CCC(=O)C1CCCC=N1. The van der Waals surface area contributed by atoms with Crippen LogP contribution in [0.2, 0.25) is 0 Å². The normalized spacial score (nSPS) is 24.7. The lowest BCUT2D eigenvalue weighted by Gasteiger charge is -2.12. The van der Waals surface area contributed by atoms with E-state index in [1.165, 1.54) is 0 Å². The van der Waals surface area contributed by atoms with Crippen molar-refractivity contribution in [3.05, 3.63) is 0 Å². The van der Waals surface area contributed by atoms with E-state index in [0.29, 0.717) is 6.42 Å². The van der Waals surface area contributed by atoms with Crippen LogP contribution in [0.25, 0.3) is 0 Å². The lowest BCUT2D eigenvalue weighted by Crippen LogP contribution is -2.20. The van der Waals surface area contributed by atoms with Crippen molar-refractivity contribution in [2.45, 2.75) is 38.6 Å². The molecular formula is C8H13NO. The predicted octanol–water partition coefficient (Wildman–Crippen LogP) is 1.59. The van der Waals surface area contributed by atoms with Gasteiger partial charge in [0.1, 0.15) is 6.04 Å². The first-order valence-corrected chi connectivity index (χ1v) is 3.89. The van der Waals surface area contributed by atoms with Gasteiger partial charge < -0.3 is 0 Å². The quantitative estimate of drug-likeness (QED) is 0.571. The van der Waals surface area contributed by atoms with Crippen LogP contribution in [-0.2, 0) is 4.79 Å². The molecule has 1 rings (SSSR count). The van der Waals surface area contributed by atoms with Gasteiger partial charge in [0.25, 0.3) is 0 Å². The molecule has 1 atom stereocenters. The molecule has 0 saturated carbocycles. The second-order valence-corrected chi connectivity index (χ2v) is 2.60. The van der Waals surface area contributed by atoms with Gasteiger partial charge in [-0.15, -0.1) is 0 Å². The van der Waals surface area contributed by atoms with E-state index in [1.807, 2.05) is 13.1 Å². The van der Waals surface area contributed by atoms with Crippen LogP contribution in [-0.4, -0.2) is 18.0 Å². The van der Waals surface area contributed by atoms with Crippen molar-refractivity contribution in [2.24, 2.45) is 4.99 Å². The van der Waals surface area contributed by atoms with Crippen molar-refractivity contribution >= 4 is 12.0 Å². The molecule has 0 amide bonds. The van der Waals surface area contributed by atoms with E-state index in [9.17, 15) is 4.79 Å². The first-order chi connectivity index (χ1) is 4.84. The highest BCUT2D eigenvalue weighted by atomic mass is 16.1. The zero-order chi connectivity index (χ0) is 7.40. The van der Waals surface area contributed by atoms with E-state index < -0.39 is 0 Å². The average molecular weight is 139 g/mol. The minimum absolute atomic E-state index is 0.00116. The van der Waals surface area contributed by atoms with Crippen LogP contribution in [0.5, 0.6) is 0 Å². The fourth-order valence-corrected chi connectivity index (χ4v) is 1.16. The number of nitrogens with zero attached hydrogens (tertiary/aromatic N) is 1. The van der Waals surface area contributed by atoms with Crippen molar-refractivity contribution in [1.82, 2.24) is 0 Å². The minimum atomic E-state index is -0.00116. The smallest absolute Gasteiger partial charge is 0.156 e. The van der Waals surface area contributed by atoms with Crippen LogP contribution in [0.3, 0.4) is 0 Å². The highest BCUT2D eigenvalue weighted by Gasteiger charge is 2.15. The molecule has 1 unspecified atom stereocenters. The standard InChI is InChI=1S/C8H13NO/c1-2-8(10)7-5-3-4-6-9-7/h6-7H,2-5H2,1H3. The summed E-state index contributed by atoms with van der Waals surface area (Å²) in [5, 5.41) is 0. The predicted molar refractivity (Wildman–Crippen MR) is 41.4 cm³/mol. The van der Waals surface area contributed by atoms with Crippen molar-refractivity contribution in [2.75, 3.05) is 0 Å². The largest absolute Gasteiger partial charge is 0.297 e. The Morgan fingerprint density at radius 3 is 3.10 bits per heavy atom. The number of hydrogen-bond acceptors (Lipinski definition) is 2. The van der Waals surface area contributed by atoms with Crippen molar-refractivity contribution in [3.8, 4) is 0 Å². The number of aliphatic imine (C=N–C) groups is 1. The third kappa shape index (κ3) is 1.66. The molecule has 0 radical (unpaired) electrons. The van der Waals surface area contributed by atoms with E-state index in [1.54, 1.807) is 0 Å². The first-order valence-electron chi connectivity index (χ1n) is 3.89. The summed E-state index contributed by atoms with van der Waals surface area (Å²) in [5.74, 6) is 0.288. The maximum atomic E-state index is 11.1. The Kier molecular flexibility index (Phi) is 2.60. The molecule has 2 heteroatoms. The molecule has 56 valence electrons. The van der Waals surface area contributed by atoms with Gasteiger partial charge in [0.15, 0.2) is 5.78 Å². The van der Waals surface area contributed by atoms with Crippen LogP contribution in [0.1, 0.15) is 32.6 Å². The van der Waals surface area contributed by atoms with Gasteiger partial charge in [-0.05, 0) is 25.5 Å². The van der Waals surface area contributed by atoms with Gasteiger partial charge in [-0.2, -0.15) is 0 Å². The molecule has 10 heavy (non-hydrogen) atoms. The molecule has 0 spiro atoms. The molecule has 0 aromatic rings. The lowest BCUT2D eigenvalue weighted by molar-refractivity contribution is -0.120. The van der Waals surface area contributed by atoms with Gasteiger partial charge in [-0.25, -0.2) is 0 Å². The second kappa shape index (κ2) is 3.49. The zero-order valence-corrected chi connectivity index (χ0v) is 6.34. The molecule has 0 saturated heterocycles. The number of carbonyl (C=O) groups excluding carboxylic acids is 1. The number of ketones is 1. The highest BCUT2D eigenvalue weighted by molar-refractivity contribution is 5.85. The van der Waals surface area contributed by atoms with Gasteiger partial charge in [-0.3, -0.25) is 9.79 Å². The third-order valence-corrected chi connectivity index (χ3v) is 1.82. The molecule has 0 aromatic carbocycles. The van der Waals surface area contributed by atoms with Crippen molar-refractivity contribution < 1.29 is 4.79 Å². The van der Waals surface area contributed by atoms with Gasteiger partial charge in [0, 0.05) is 6.42 Å². The topological polar surface area (TPSA) is 29.4 Å². The summed E-state index contributed by atoms with van der Waals surface area (Å²) in [4.78, 5) is 15.2. The summed E-state index contributed by atoms with van der Waals surface area (Å²) in [7, 11) is 0. The highest BCUT2D eigenvalue weighted by Crippen LogP contribution is 2.11. The van der Waals surface area contributed by atoms with Crippen LogP contribution in [0.4, 0.5) is 0 Å². The van der Waals surface area contributed by atoms with Crippen LogP contribution >= 0.6 is 0 Å². The maximum Gasteiger partial charge on any atom is 0.156 e. The second-order valence-electron chi connectivity index (χ2n) is 2.60. The molecule has 0 N–H and O–H groups in total. The first kappa shape index (κ1) is 7.45. The molecule has 2 nitrogen and oxygen atoms in total. The summed E-state index contributed by atoms with van der Waals surface area (Å²) in [5.41, 5.74) is 0. The van der Waals surface area contributed by atoms with Crippen molar-refractivity contribution in [3.63, 3.8) is 0 Å². The Balaban J connectivity index is 2.46. The Labute approximate surface area is 61.3 Å². The van der Waals surface area contributed by atoms with Gasteiger partial charge in [0.2, 0.25) is 0 Å². The number of Topliss-reactive ketones (excluding diaryl/α,β-unsaturated/α-hetero) is 1. The summed E-state index contributed by atoms with van der Waals surface area (Å²) in [6.07, 6.45) is 5.64. The molecule has 0 fully saturated rings. The third-order valence-electron chi connectivity index (χ3n) is 1.82. The summed E-state index contributed by atoms with van der Waals surface area (Å²) >= 11 is 0. The van der Waals surface area contributed by atoms with Crippen LogP contribution in [0.15, 0.2) is 4.99 Å². The van der Waals surface area contributed by atoms with E-state index >= 15 is 0 Å². The number of hydrogen-bond donors (Lipinski definition) is 0. The number of rotatable bonds is 2. The van der Waals surface area contributed by atoms with E-state index in [2.05, 4.69) is 4.99 Å². The molecule has 1 heterocycles. The summed E-state index contributed by atoms with van der Waals surface area (Å²) in [6.45, 7) is 1.90. The Morgan fingerprint density at radius 1 is 1.80 bits per heavy atom. The van der Waals surface area contributed by atoms with Crippen LogP contribution < -0.4 is 0 Å². The Morgan fingerprint density at radius 2 is 2.60 bits per heavy atom. The fraction of sp³-hybridized carbons (Fsp3) is 0.750. The zero-order valence-electron chi connectivity index (χ0n) is 6.34. The lowest BCUT2D eigenvalue weighted by atomic mass is 10.0. The molecule has 0 aromatic heterocycles. The molecule has 1 aliphatic heterocycles. The molecule has 0 aliphatic carbocycles. The van der Waals surface area contributed by atoms with E-state index in [-0.39, 0.29) is 11.8 Å². The van der Waals surface area contributed by atoms with Gasteiger partial charge in [-0.1, -0.05) is 6.92 Å². The van der Waals surface area contributed by atoms with Gasteiger partial charge in [0.05, 0.1) is 0 Å². The van der Waals surface area contributed by atoms with E-state index in [4.69, 9.17) is 0 Å².